The molecule has 4 aromatic rings. The second-order valence-electron chi connectivity index (χ2n) is 13.1. The van der Waals surface area contributed by atoms with Gasteiger partial charge in [-0.3, -0.25) is 9.59 Å². The summed E-state index contributed by atoms with van der Waals surface area (Å²) in [5.74, 6) is -7.32. The first kappa shape index (κ1) is 32.9. The number of nitrogens with zero attached hydrogens (tertiary/aromatic N) is 1. The van der Waals surface area contributed by atoms with Crippen LogP contribution in [0.25, 0.3) is 0 Å². The fourth-order valence-electron chi connectivity index (χ4n) is 7.48. The van der Waals surface area contributed by atoms with Gasteiger partial charge >= 0.3 is 5.97 Å². The van der Waals surface area contributed by atoms with Gasteiger partial charge < -0.3 is 19.5 Å². The maximum atomic E-state index is 15.2. The number of thioether (sulfide) groups is 1. The molecule has 3 aliphatic rings. The lowest BCUT2D eigenvalue weighted by Crippen LogP contribution is -2.73. The number of amides is 1. The number of rotatable bonds is 9. The molecule has 2 aliphatic heterocycles. The Morgan fingerprint density at radius 2 is 1.57 bits per heavy atom. The highest BCUT2D eigenvalue weighted by molar-refractivity contribution is 8.01. The summed E-state index contributed by atoms with van der Waals surface area (Å²) in [6, 6.07) is 28.1. The van der Waals surface area contributed by atoms with Crippen LogP contribution in [-0.4, -0.2) is 43.8 Å². The Balaban J connectivity index is 1.29. The summed E-state index contributed by atoms with van der Waals surface area (Å²) in [4.78, 5) is 44.4. The quantitative estimate of drug-likeness (QED) is 0.0683. The molecule has 250 valence electrons. The summed E-state index contributed by atoms with van der Waals surface area (Å²) in [5, 5.41) is 11.9. The molecule has 1 amide bonds. The number of ketones is 1. The van der Waals surface area contributed by atoms with Gasteiger partial charge in [0.15, 0.2) is 5.78 Å². The van der Waals surface area contributed by atoms with E-state index in [-0.39, 0.29) is 24.4 Å². The van der Waals surface area contributed by atoms with Crippen molar-refractivity contribution in [1.29, 1.82) is 0 Å². The summed E-state index contributed by atoms with van der Waals surface area (Å²) >= 11 is 1.38. The molecule has 0 radical (unpaired) electrons. The van der Waals surface area contributed by atoms with Crippen molar-refractivity contribution < 1.29 is 37.7 Å². The molecule has 1 N–H and O–H groups in total. The van der Waals surface area contributed by atoms with Crippen molar-refractivity contribution in [3.8, 4) is 5.75 Å². The van der Waals surface area contributed by atoms with E-state index >= 15 is 4.39 Å². The highest BCUT2D eigenvalue weighted by atomic mass is 32.2. The van der Waals surface area contributed by atoms with Gasteiger partial charge in [0.2, 0.25) is 11.7 Å². The molecule has 0 bridgehead atoms. The van der Waals surface area contributed by atoms with Gasteiger partial charge in [-0.15, -0.1) is 11.8 Å². The van der Waals surface area contributed by atoms with E-state index in [1.165, 1.54) is 17.8 Å². The minimum absolute atomic E-state index is 0.00409. The number of halogens is 2. The smallest absolute Gasteiger partial charge is 0.339 e. The molecule has 7 nitrogen and oxygen atoms in total. The Morgan fingerprint density at radius 1 is 0.939 bits per heavy atom. The minimum atomic E-state index is -1.98. The van der Waals surface area contributed by atoms with E-state index in [2.05, 4.69) is 0 Å². The lowest BCUT2D eigenvalue weighted by molar-refractivity contribution is -0.270. The van der Waals surface area contributed by atoms with Gasteiger partial charge in [-0.1, -0.05) is 84.9 Å². The number of carbonyl (C=O) groups excluding carboxylic acids is 3. The van der Waals surface area contributed by atoms with Crippen LogP contribution in [0.3, 0.4) is 0 Å². The van der Waals surface area contributed by atoms with Crippen molar-refractivity contribution in [2.45, 2.75) is 48.8 Å². The van der Waals surface area contributed by atoms with Crippen molar-refractivity contribution in [1.82, 2.24) is 4.90 Å². The van der Waals surface area contributed by atoms with E-state index in [4.69, 9.17) is 9.47 Å². The number of hydrogen-bond donors (Lipinski definition) is 1. The van der Waals surface area contributed by atoms with Gasteiger partial charge in [0, 0.05) is 21.9 Å². The molecule has 2 fully saturated rings. The largest absolute Gasteiger partial charge is 0.423 e. The Kier molecular flexibility index (Phi) is 8.29. The van der Waals surface area contributed by atoms with Crippen LogP contribution < -0.4 is 4.74 Å². The second-order valence-corrected chi connectivity index (χ2v) is 14.8. The average Bonchev–Trinajstić information content (AvgIpc) is 3.64. The fourth-order valence-corrected chi connectivity index (χ4v) is 9.33. The Labute approximate surface area is 286 Å². The number of allylic oxidation sites excluding steroid dienone is 1. The SMILES string of the molecule is CC1(C)S[C@H]2N(C(=O)C23CC=C(C(=O)Oc2ccccc2)C3C(=O)c2ccc(F)cc2F)[C@H]1C(O)(OCc1ccccc1)c1ccccc1. The zero-order valence-corrected chi connectivity index (χ0v) is 27.5. The summed E-state index contributed by atoms with van der Waals surface area (Å²) in [5.41, 5.74) is -0.765. The topological polar surface area (TPSA) is 93.1 Å². The average molecular weight is 682 g/mol. The van der Waals surface area contributed by atoms with E-state index in [9.17, 15) is 23.9 Å². The molecular formula is C39H33F2NO6S. The molecule has 1 spiro atoms. The highest BCUT2D eigenvalue weighted by Gasteiger charge is 2.77. The number of fused-ring (bicyclic) bond motifs is 2. The Morgan fingerprint density at radius 3 is 2.22 bits per heavy atom. The molecule has 4 aromatic carbocycles. The molecule has 7 rings (SSSR count). The predicted octanol–water partition coefficient (Wildman–Crippen LogP) is 6.81. The van der Waals surface area contributed by atoms with E-state index in [0.717, 1.165) is 17.7 Å². The van der Waals surface area contributed by atoms with Crippen LogP contribution in [0, 0.1) is 23.0 Å². The van der Waals surface area contributed by atoms with Gasteiger partial charge in [-0.2, -0.15) is 0 Å². The first-order chi connectivity index (χ1) is 23.5. The molecule has 3 unspecified atom stereocenters. The zero-order chi connectivity index (χ0) is 34.6. The van der Waals surface area contributed by atoms with Crippen molar-refractivity contribution >= 4 is 29.4 Å². The lowest BCUT2D eigenvalue weighted by Gasteiger charge is -2.56. The van der Waals surface area contributed by atoms with Gasteiger partial charge in [0.25, 0.3) is 0 Å². The number of para-hydroxylation sites is 1. The van der Waals surface area contributed by atoms with E-state index < -0.39 is 68.1 Å². The van der Waals surface area contributed by atoms with Crippen LogP contribution in [0.5, 0.6) is 5.75 Å². The number of ether oxygens (including phenoxy) is 2. The number of esters is 1. The van der Waals surface area contributed by atoms with E-state index in [1.807, 2.05) is 50.2 Å². The maximum Gasteiger partial charge on any atom is 0.339 e. The monoisotopic (exact) mass is 681 g/mol. The van der Waals surface area contributed by atoms with Crippen molar-refractivity contribution in [3.05, 3.63) is 149 Å². The molecule has 1 aliphatic carbocycles. The van der Waals surface area contributed by atoms with Crippen LogP contribution in [0.2, 0.25) is 0 Å². The van der Waals surface area contributed by atoms with Crippen LogP contribution in [0.4, 0.5) is 8.78 Å². The summed E-state index contributed by atoms with van der Waals surface area (Å²) in [6.07, 6.45) is 1.51. The van der Waals surface area contributed by atoms with Crippen LogP contribution in [0.1, 0.15) is 41.8 Å². The van der Waals surface area contributed by atoms with Crippen molar-refractivity contribution in [2.75, 3.05) is 0 Å². The summed E-state index contributed by atoms with van der Waals surface area (Å²) < 4.78 is 40.2. The molecule has 49 heavy (non-hydrogen) atoms. The third-order valence-electron chi connectivity index (χ3n) is 9.67. The molecule has 5 atom stereocenters. The molecule has 2 saturated heterocycles. The van der Waals surface area contributed by atoms with Crippen molar-refractivity contribution in [3.63, 3.8) is 0 Å². The molecule has 10 heteroatoms. The Hall–Kier alpha value is -4.64. The second kappa shape index (κ2) is 12.4. The minimum Gasteiger partial charge on any atom is -0.423 e. The maximum absolute atomic E-state index is 15.2. The first-order valence-corrected chi connectivity index (χ1v) is 16.8. The first-order valence-electron chi connectivity index (χ1n) is 15.9. The number of benzene rings is 4. The molecular weight excluding hydrogens is 648 g/mol. The van der Waals surface area contributed by atoms with Gasteiger partial charge in [-0.05, 0) is 50.1 Å². The highest BCUT2D eigenvalue weighted by Crippen LogP contribution is 2.68. The molecule has 2 heterocycles. The van der Waals surface area contributed by atoms with E-state index in [0.29, 0.717) is 11.6 Å². The van der Waals surface area contributed by atoms with Crippen LogP contribution >= 0.6 is 11.8 Å². The number of Topliss-reactive ketones (excluding diaryl/α,β-unsaturated/α-hetero) is 1. The Bertz CT molecular complexity index is 1960. The third kappa shape index (κ3) is 5.39. The van der Waals surface area contributed by atoms with Crippen LogP contribution in [0.15, 0.2) is 121 Å². The predicted molar refractivity (Wildman–Crippen MR) is 179 cm³/mol. The third-order valence-corrected chi connectivity index (χ3v) is 11.4. The number of aliphatic hydroxyl groups is 1. The fraction of sp³-hybridized carbons (Fsp3) is 0.256. The zero-order valence-electron chi connectivity index (χ0n) is 26.7. The van der Waals surface area contributed by atoms with E-state index in [1.54, 1.807) is 59.5 Å². The number of carbonyl (C=O) groups is 3. The van der Waals surface area contributed by atoms with Gasteiger partial charge in [0.05, 0.1) is 28.9 Å². The lowest BCUT2D eigenvalue weighted by atomic mass is 9.64. The summed E-state index contributed by atoms with van der Waals surface area (Å²) in [6.45, 7) is 3.83. The molecule has 0 aromatic heterocycles. The number of β-lactam (4-membered cyclic amide) rings is 1. The van der Waals surface area contributed by atoms with Gasteiger partial charge in [0.1, 0.15) is 23.4 Å². The summed E-state index contributed by atoms with van der Waals surface area (Å²) in [7, 11) is 0. The van der Waals surface area contributed by atoms with Crippen molar-refractivity contribution in [2.24, 2.45) is 11.3 Å². The normalized spacial score (nSPS) is 24.9. The number of hydrogen-bond acceptors (Lipinski definition) is 7. The standard InChI is InChI=1S/C39H33F2NO6S/c1-37(2)34(39(46,25-14-8-4-9-15-25)47-23-24-12-6-3-7-13-24)42-35(45)38(36(42)49-37)21-20-29(33(44)48-27-16-10-5-11-17-27)31(38)32(43)28-19-18-26(40)22-30(28)41/h3-20,22,31,34,36,46H,21,23H2,1-2H3/t31?,34-,36-,38?,39?/m1/s1. The molecule has 0 saturated carbocycles. The van der Waals surface area contributed by atoms with Gasteiger partial charge in [-0.25, -0.2) is 13.6 Å². The van der Waals surface area contributed by atoms with Crippen LogP contribution in [-0.2, 0) is 26.7 Å².